The summed E-state index contributed by atoms with van der Waals surface area (Å²) in [5.41, 5.74) is 3.80. The maximum Gasteiger partial charge on any atom is 0.253 e. The second-order valence-corrected chi connectivity index (χ2v) is 8.15. The molecule has 29 heavy (non-hydrogen) atoms. The molecule has 1 aliphatic rings. The molecule has 1 atom stereocenters. The number of thiocarbonyl (C=S) groups is 1. The van der Waals surface area contributed by atoms with Crippen molar-refractivity contribution in [2.45, 2.75) is 45.8 Å². The second-order valence-electron chi connectivity index (χ2n) is 7.76. The van der Waals surface area contributed by atoms with Gasteiger partial charge in [0.2, 0.25) is 0 Å². The summed E-state index contributed by atoms with van der Waals surface area (Å²) in [4.78, 5) is 17.9. The molecule has 2 N–H and O–H groups in total. The van der Waals surface area contributed by atoms with Crippen molar-refractivity contribution in [2.24, 2.45) is 0 Å². The monoisotopic (exact) mass is 417 g/mol. The van der Waals surface area contributed by atoms with Crippen molar-refractivity contribution < 1.29 is 9.47 Å². The number of pyridine rings is 1. The number of aryl methyl sites for hydroxylation is 2. The Kier molecular flexibility index (Phi) is 7.64. The summed E-state index contributed by atoms with van der Waals surface area (Å²) in [6.07, 6.45) is 3.12. The molecule has 0 radical (unpaired) electrons. The summed E-state index contributed by atoms with van der Waals surface area (Å²) in [7, 11) is 1.69. The van der Waals surface area contributed by atoms with Gasteiger partial charge in [0.15, 0.2) is 5.11 Å². The first-order valence-electron chi connectivity index (χ1n) is 10.2. The van der Waals surface area contributed by atoms with E-state index in [0.29, 0.717) is 30.4 Å². The van der Waals surface area contributed by atoms with Crippen molar-refractivity contribution in [2.75, 3.05) is 33.4 Å². The quantitative estimate of drug-likeness (QED) is 0.508. The first kappa shape index (κ1) is 21.7. The number of ether oxygens (including phenoxy) is 2. The van der Waals surface area contributed by atoms with E-state index in [1.54, 1.807) is 7.11 Å². The number of benzene rings is 1. The van der Waals surface area contributed by atoms with Crippen LogP contribution in [0.3, 0.4) is 0 Å². The van der Waals surface area contributed by atoms with Crippen molar-refractivity contribution in [1.29, 1.82) is 0 Å². The Hall–Kier alpha value is -1.96. The van der Waals surface area contributed by atoms with Crippen molar-refractivity contribution in [3.8, 4) is 0 Å². The van der Waals surface area contributed by atoms with Crippen LogP contribution in [0.4, 0.5) is 0 Å². The molecule has 1 saturated heterocycles. The zero-order chi connectivity index (χ0) is 20.8. The summed E-state index contributed by atoms with van der Waals surface area (Å²) in [5, 5.41) is 4.99. The Labute approximate surface area is 177 Å². The Morgan fingerprint density at radius 1 is 1.38 bits per heavy atom. The van der Waals surface area contributed by atoms with Gasteiger partial charge in [-0.05, 0) is 68.4 Å². The molecule has 0 amide bonds. The van der Waals surface area contributed by atoms with Crippen LogP contribution in [0.2, 0.25) is 0 Å². The lowest BCUT2D eigenvalue weighted by atomic mass is 10.1. The number of hydrogen-bond donors (Lipinski definition) is 2. The van der Waals surface area contributed by atoms with Crippen LogP contribution in [0.5, 0.6) is 0 Å². The normalized spacial score (nSPS) is 16.3. The molecular weight excluding hydrogens is 386 g/mol. The van der Waals surface area contributed by atoms with Gasteiger partial charge in [-0.3, -0.25) is 4.79 Å². The molecule has 0 saturated carbocycles. The van der Waals surface area contributed by atoms with E-state index in [2.05, 4.69) is 34.3 Å². The maximum absolute atomic E-state index is 12.8. The molecule has 1 fully saturated rings. The number of fused-ring (bicyclic) bond motifs is 1. The second kappa shape index (κ2) is 10.2. The summed E-state index contributed by atoms with van der Waals surface area (Å²) < 4.78 is 10.9. The van der Waals surface area contributed by atoms with Gasteiger partial charge in [0.1, 0.15) is 0 Å². The third kappa shape index (κ3) is 5.78. The number of aromatic nitrogens is 1. The van der Waals surface area contributed by atoms with Crippen LogP contribution in [0.1, 0.15) is 36.0 Å². The molecule has 1 aliphatic heterocycles. The van der Waals surface area contributed by atoms with E-state index < -0.39 is 0 Å². The Bertz CT molecular complexity index is 906. The number of nitrogens with one attached hydrogen (secondary N) is 2. The molecule has 0 spiro atoms. The lowest BCUT2D eigenvalue weighted by Gasteiger charge is -2.28. The average Bonchev–Trinajstić information content (AvgIpc) is 3.19. The highest BCUT2D eigenvalue weighted by molar-refractivity contribution is 7.80. The Balaban J connectivity index is 1.81. The van der Waals surface area contributed by atoms with Crippen molar-refractivity contribution in [1.82, 2.24) is 15.2 Å². The number of H-pyrrole nitrogens is 1. The lowest BCUT2D eigenvalue weighted by molar-refractivity contribution is 0.0896. The minimum Gasteiger partial charge on any atom is -0.385 e. The Morgan fingerprint density at radius 2 is 2.21 bits per heavy atom. The first-order valence-corrected chi connectivity index (χ1v) is 10.6. The SMILES string of the molecule is COCCCNC(=S)N(Cc1cc2cc(C)cc(C)c2[nH]c1=O)CC1CCCO1. The van der Waals surface area contributed by atoms with Gasteiger partial charge >= 0.3 is 0 Å². The largest absolute Gasteiger partial charge is 0.385 e. The van der Waals surface area contributed by atoms with Crippen LogP contribution in [0.25, 0.3) is 10.9 Å². The third-order valence-electron chi connectivity index (χ3n) is 5.27. The van der Waals surface area contributed by atoms with E-state index in [0.717, 1.165) is 48.9 Å². The molecule has 1 aromatic carbocycles. The fourth-order valence-corrected chi connectivity index (χ4v) is 4.07. The van der Waals surface area contributed by atoms with Crippen molar-refractivity contribution in [3.05, 3.63) is 45.2 Å². The van der Waals surface area contributed by atoms with Crippen molar-refractivity contribution in [3.63, 3.8) is 0 Å². The fraction of sp³-hybridized carbons (Fsp3) is 0.545. The average molecular weight is 418 g/mol. The van der Waals surface area contributed by atoms with Gasteiger partial charge in [0.05, 0.1) is 18.2 Å². The summed E-state index contributed by atoms with van der Waals surface area (Å²) >= 11 is 5.65. The number of rotatable bonds is 8. The van der Waals surface area contributed by atoms with Crippen LogP contribution < -0.4 is 10.9 Å². The first-order chi connectivity index (χ1) is 14.0. The molecule has 2 heterocycles. The molecule has 0 aliphatic carbocycles. The van der Waals surface area contributed by atoms with Gasteiger partial charge in [-0.1, -0.05) is 11.6 Å². The predicted molar refractivity (Wildman–Crippen MR) is 121 cm³/mol. The molecule has 7 heteroatoms. The smallest absolute Gasteiger partial charge is 0.253 e. The molecular formula is C22H31N3O3S. The standard InChI is InChI=1S/C22H31N3O3S/c1-15-10-16(2)20-17(11-15)12-18(21(26)24-20)13-25(14-19-6-4-9-28-19)22(29)23-7-5-8-27-3/h10-12,19H,4-9,13-14H2,1-3H3,(H,23,29)(H,24,26). The fourth-order valence-electron chi connectivity index (χ4n) is 3.83. The van der Waals surface area contributed by atoms with Crippen LogP contribution in [0, 0.1) is 13.8 Å². The van der Waals surface area contributed by atoms with Gasteiger partial charge in [-0.25, -0.2) is 0 Å². The molecule has 6 nitrogen and oxygen atoms in total. The highest BCUT2D eigenvalue weighted by atomic mass is 32.1. The van der Waals surface area contributed by atoms with Gasteiger partial charge in [-0.2, -0.15) is 0 Å². The van der Waals surface area contributed by atoms with Gasteiger partial charge < -0.3 is 24.7 Å². The molecule has 158 valence electrons. The molecule has 2 aromatic rings. The van der Waals surface area contributed by atoms with Crippen LogP contribution >= 0.6 is 12.2 Å². The number of nitrogens with zero attached hydrogens (tertiary/aromatic N) is 1. The van der Waals surface area contributed by atoms with E-state index >= 15 is 0 Å². The minimum absolute atomic E-state index is 0.0658. The molecule has 3 rings (SSSR count). The maximum atomic E-state index is 12.8. The van der Waals surface area contributed by atoms with Gasteiger partial charge in [0, 0.05) is 39.0 Å². The predicted octanol–water partition coefficient (Wildman–Crippen LogP) is 3.04. The molecule has 0 bridgehead atoms. The topological polar surface area (TPSA) is 66.6 Å². The summed E-state index contributed by atoms with van der Waals surface area (Å²) in [6, 6.07) is 6.18. The van der Waals surface area contributed by atoms with Crippen molar-refractivity contribution >= 4 is 28.2 Å². The summed E-state index contributed by atoms with van der Waals surface area (Å²) in [5.74, 6) is 0. The van der Waals surface area contributed by atoms with Gasteiger partial charge in [-0.15, -0.1) is 0 Å². The van der Waals surface area contributed by atoms with E-state index in [1.165, 1.54) is 5.56 Å². The zero-order valence-corrected chi connectivity index (χ0v) is 18.4. The minimum atomic E-state index is -0.0658. The van der Waals surface area contributed by atoms with Crippen LogP contribution in [0.15, 0.2) is 23.0 Å². The van der Waals surface area contributed by atoms with E-state index in [4.69, 9.17) is 21.7 Å². The highest BCUT2D eigenvalue weighted by Gasteiger charge is 2.22. The van der Waals surface area contributed by atoms with Gasteiger partial charge in [0.25, 0.3) is 5.56 Å². The van der Waals surface area contributed by atoms with E-state index in [1.807, 2.05) is 13.0 Å². The number of hydrogen-bond acceptors (Lipinski definition) is 4. The number of aromatic amines is 1. The lowest BCUT2D eigenvalue weighted by Crippen LogP contribution is -2.44. The van der Waals surface area contributed by atoms with E-state index in [-0.39, 0.29) is 11.7 Å². The zero-order valence-electron chi connectivity index (χ0n) is 17.5. The number of methoxy groups -OCH3 is 1. The summed E-state index contributed by atoms with van der Waals surface area (Å²) in [6.45, 7) is 7.44. The van der Waals surface area contributed by atoms with Crippen LogP contribution in [-0.4, -0.2) is 54.5 Å². The van der Waals surface area contributed by atoms with E-state index in [9.17, 15) is 4.79 Å². The third-order valence-corrected chi connectivity index (χ3v) is 5.67. The van der Waals surface area contributed by atoms with Crippen LogP contribution in [-0.2, 0) is 16.0 Å². The molecule has 1 aromatic heterocycles. The molecule has 1 unspecified atom stereocenters. The Morgan fingerprint density at radius 3 is 2.93 bits per heavy atom. The highest BCUT2D eigenvalue weighted by Crippen LogP contribution is 2.19.